The van der Waals surface area contributed by atoms with Crippen molar-refractivity contribution in [1.82, 2.24) is 0 Å². The Morgan fingerprint density at radius 2 is 2.12 bits per heavy atom. The van der Waals surface area contributed by atoms with Crippen LogP contribution >= 0.6 is 11.6 Å². The van der Waals surface area contributed by atoms with Gasteiger partial charge in [-0.25, -0.2) is 0 Å². The quantitative estimate of drug-likeness (QED) is 0.452. The Bertz CT molecular complexity index is 900. The predicted molar refractivity (Wildman–Crippen MR) is 96.2 cm³/mol. The first-order chi connectivity index (χ1) is 12.4. The summed E-state index contributed by atoms with van der Waals surface area (Å²) in [6, 6.07) is 12.6. The van der Waals surface area contributed by atoms with E-state index in [1.807, 2.05) is 6.07 Å². The van der Waals surface area contributed by atoms with Gasteiger partial charge in [0, 0.05) is 15.6 Å². The first-order valence-corrected chi connectivity index (χ1v) is 7.75. The molecule has 0 spiro atoms. The number of nitrogens with one attached hydrogen (secondary N) is 1. The first kappa shape index (κ1) is 19.1. The number of amides is 1. The van der Waals surface area contributed by atoms with E-state index in [0.717, 1.165) is 0 Å². The zero-order valence-corrected chi connectivity index (χ0v) is 14.4. The van der Waals surface area contributed by atoms with Crippen molar-refractivity contribution < 1.29 is 14.6 Å². The average Bonchev–Trinajstić information content (AvgIpc) is 2.62. The summed E-state index contributed by atoms with van der Waals surface area (Å²) in [6.07, 6.45) is 0. The van der Waals surface area contributed by atoms with E-state index in [1.54, 1.807) is 24.3 Å². The predicted octanol–water partition coefficient (Wildman–Crippen LogP) is 3.92. The number of rotatable bonds is 6. The van der Waals surface area contributed by atoms with Gasteiger partial charge in [0.15, 0.2) is 5.60 Å². The number of nitrogens with zero attached hydrogens (tertiary/aromatic N) is 4. The highest BCUT2D eigenvalue weighted by atomic mass is 35.5. The largest absolute Gasteiger partial charge is 0.490 e. The number of nitriles is 1. The molecule has 9 heteroatoms. The topological polar surface area (TPSA) is 131 Å². The number of ether oxygens (including phenoxy) is 1. The van der Waals surface area contributed by atoms with Gasteiger partial charge in [-0.3, -0.25) is 4.79 Å². The second-order valence-electron chi connectivity index (χ2n) is 5.50. The van der Waals surface area contributed by atoms with Crippen molar-refractivity contribution in [2.75, 3.05) is 11.9 Å². The highest BCUT2D eigenvalue weighted by Crippen LogP contribution is 2.24. The van der Waals surface area contributed by atoms with E-state index in [1.165, 1.54) is 25.1 Å². The van der Waals surface area contributed by atoms with Gasteiger partial charge < -0.3 is 15.2 Å². The molecular weight excluding hydrogens is 358 g/mol. The van der Waals surface area contributed by atoms with Gasteiger partial charge >= 0.3 is 0 Å². The van der Waals surface area contributed by atoms with Crippen LogP contribution in [-0.4, -0.2) is 23.2 Å². The number of benzene rings is 2. The minimum Gasteiger partial charge on any atom is -0.490 e. The monoisotopic (exact) mass is 371 g/mol. The molecule has 2 aromatic carbocycles. The van der Waals surface area contributed by atoms with Crippen LogP contribution < -0.4 is 10.1 Å². The van der Waals surface area contributed by atoms with Crippen molar-refractivity contribution in [1.29, 1.82) is 5.26 Å². The standard InChI is InChI=1S/C17H14ClN5O3/c1-17(25,10-26-14-6-3-12(18)4-7-14)16(24)21-13-5-2-11(9-19)15(8-13)22-23-20/h2-8,25H,10H2,1H3,(H,21,24)/t17-/m0/s1. The zero-order valence-electron chi connectivity index (χ0n) is 13.7. The van der Waals surface area contributed by atoms with Gasteiger partial charge in [-0.1, -0.05) is 16.7 Å². The molecule has 0 bridgehead atoms. The van der Waals surface area contributed by atoms with Crippen molar-refractivity contribution in [2.45, 2.75) is 12.5 Å². The molecule has 0 unspecified atom stereocenters. The van der Waals surface area contributed by atoms with E-state index in [-0.39, 0.29) is 23.5 Å². The molecule has 0 heterocycles. The average molecular weight is 372 g/mol. The fourth-order valence-corrected chi connectivity index (χ4v) is 2.05. The molecule has 2 aromatic rings. The maximum Gasteiger partial charge on any atom is 0.259 e. The van der Waals surface area contributed by atoms with Gasteiger partial charge in [-0.15, -0.1) is 0 Å². The van der Waals surface area contributed by atoms with Crippen LogP contribution in [0.5, 0.6) is 5.75 Å². The van der Waals surface area contributed by atoms with Gasteiger partial charge in [0.2, 0.25) is 0 Å². The summed E-state index contributed by atoms with van der Waals surface area (Å²) in [5, 5.41) is 25.7. The Labute approximate surface area is 154 Å². The van der Waals surface area contributed by atoms with E-state index in [2.05, 4.69) is 15.3 Å². The summed E-state index contributed by atoms with van der Waals surface area (Å²) >= 11 is 5.78. The lowest BCUT2D eigenvalue weighted by Crippen LogP contribution is -2.45. The molecular formula is C17H14ClN5O3. The third-order valence-electron chi connectivity index (χ3n) is 3.35. The summed E-state index contributed by atoms with van der Waals surface area (Å²) in [6.45, 7) is 1.01. The summed E-state index contributed by atoms with van der Waals surface area (Å²) < 4.78 is 5.40. The Hall–Kier alpha value is -3.24. The SMILES string of the molecule is C[C@](O)(COc1ccc(Cl)cc1)C(=O)Nc1ccc(C#N)c(N=[N+]=[N-])c1. The normalized spacial score (nSPS) is 12.2. The lowest BCUT2D eigenvalue weighted by molar-refractivity contribution is -0.135. The molecule has 26 heavy (non-hydrogen) atoms. The summed E-state index contributed by atoms with van der Waals surface area (Å²) in [4.78, 5) is 14.9. The Morgan fingerprint density at radius 1 is 1.42 bits per heavy atom. The summed E-state index contributed by atoms with van der Waals surface area (Å²) in [7, 11) is 0. The maximum absolute atomic E-state index is 12.3. The van der Waals surface area contributed by atoms with Crippen molar-refractivity contribution in [3.63, 3.8) is 0 Å². The maximum atomic E-state index is 12.3. The van der Waals surface area contributed by atoms with Crippen LogP contribution in [0.2, 0.25) is 5.02 Å². The lowest BCUT2D eigenvalue weighted by atomic mass is 10.1. The molecule has 132 valence electrons. The van der Waals surface area contributed by atoms with Crippen LogP contribution in [0.4, 0.5) is 11.4 Å². The molecule has 2 rings (SSSR count). The summed E-state index contributed by atoms with van der Waals surface area (Å²) in [5.41, 5.74) is 7.21. The number of anilines is 1. The van der Waals surface area contributed by atoms with Gasteiger partial charge in [-0.05, 0) is 54.9 Å². The molecule has 0 saturated carbocycles. The van der Waals surface area contributed by atoms with E-state index in [9.17, 15) is 9.90 Å². The molecule has 1 atom stereocenters. The van der Waals surface area contributed by atoms with Crippen LogP contribution in [0, 0.1) is 11.3 Å². The smallest absolute Gasteiger partial charge is 0.259 e. The number of azide groups is 1. The molecule has 0 saturated heterocycles. The fourth-order valence-electron chi connectivity index (χ4n) is 1.92. The number of aliphatic hydroxyl groups is 1. The zero-order chi connectivity index (χ0) is 19.2. The molecule has 0 radical (unpaired) electrons. The highest BCUT2D eigenvalue weighted by molar-refractivity contribution is 6.30. The number of carbonyl (C=O) groups is 1. The minimum atomic E-state index is -1.83. The van der Waals surface area contributed by atoms with Crippen LogP contribution in [0.3, 0.4) is 0 Å². The first-order valence-electron chi connectivity index (χ1n) is 7.37. The Kier molecular flexibility index (Phi) is 6.04. The second kappa shape index (κ2) is 8.23. The van der Waals surface area contributed by atoms with Crippen LogP contribution in [0.1, 0.15) is 12.5 Å². The molecule has 1 amide bonds. The van der Waals surface area contributed by atoms with Crippen molar-refractivity contribution >= 4 is 28.9 Å². The Morgan fingerprint density at radius 3 is 2.73 bits per heavy atom. The Balaban J connectivity index is 2.07. The lowest BCUT2D eigenvalue weighted by Gasteiger charge is -2.22. The summed E-state index contributed by atoms with van der Waals surface area (Å²) in [5.74, 6) is -0.269. The molecule has 2 N–H and O–H groups in total. The van der Waals surface area contributed by atoms with E-state index >= 15 is 0 Å². The molecule has 0 fully saturated rings. The molecule has 8 nitrogen and oxygen atoms in total. The molecule has 0 aromatic heterocycles. The second-order valence-corrected chi connectivity index (χ2v) is 5.94. The molecule has 0 aliphatic carbocycles. The van der Waals surface area contributed by atoms with E-state index in [0.29, 0.717) is 10.8 Å². The van der Waals surface area contributed by atoms with Gasteiger partial charge in [0.1, 0.15) is 12.4 Å². The molecule has 0 aliphatic heterocycles. The van der Waals surface area contributed by atoms with Crippen molar-refractivity contribution in [2.24, 2.45) is 5.11 Å². The van der Waals surface area contributed by atoms with E-state index in [4.69, 9.17) is 27.1 Å². The number of carbonyl (C=O) groups excluding carboxylic acids is 1. The number of hydrogen-bond donors (Lipinski definition) is 2. The molecule has 0 aliphatic rings. The fraction of sp³-hybridized carbons (Fsp3) is 0.176. The third-order valence-corrected chi connectivity index (χ3v) is 3.60. The number of hydrogen-bond acceptors (Lipinski definition) is 5. The third kappa shape index (κ3) is 4.88. The highest BCUT2D eigenvalue weighted by Gasteiger charge is 2.31. The minimum absolute atomic E-state index is 0.0739. The van der Waals surface area contributed by atoms with Gasteiger partial charge in [-0.2, -0.15) is 5.26 Å². The van der Waals surface area contributed by atoms with Crippen molar-refractivity contribution in [3.05, 3.63) is 63.5 Å². The number of halogens is 1. The van der Waals surface area contributed by atoms with Crippen LogP contribution in [0.25, 0.3) is 10.4 Å². The van der Waals surface area contributed by atoms with Gasteiger partial charge in [0.05, 0.1) is 17.3 Å². The van der Waals surface area contributed by atoms with E-state index < -0.39 is 11.5 Å². The van der Waals surface area contributed by atoms with Crippen LogP contribution in [-0.2, 0) is 4.79 Å². The van der Waals surface area contributed by atoms with Gasteiger partial charge in [0.25, 0.3) is 5.91 Å². The van der Waals surface area contributed by atoms with Crippen LogP contribution in [0.15, 0.2) is 47.6 Å². The van der Waals surface area contributed by atoms with Crippen molar-refractivity contribution in [3.8, 4) is 11.8 Å².